The van der Waals surface area contributed by atoms with E-state index in [1.54, 1.807) is 13.8 Å². The average Bonchev–Trinajstić information content (AvgIpc) is 2.64. The zero-order valence-corrected chi connectivity index (χ0v) is 11.5. The van der Waals surface area contributed by atoms with Crippen molar-refractivity contribution in [3.63, 3.8) is 0 Å². The highest BCUT2D eigenvalue weighted by molar-refractivity contribution is 5.95. The van der Waals surface area contributed by atoms with Crippen LogP contribution in [0.3, 0.4) is 0 Å². The van der Waals surface area contributed by atoms with Gasteiger partial charge in [-0.1, -0.05) is 18.0 Å². The predicted molar refractivity (Wildman–Crippen MR) is 69.8 cm³/mol. The van der Waals surface area contributed by atoms with Gasteiger partial charge in [0.25, 0.3) is 5.91 Å². The minimum atomic E-state index is -0.0631. The molecule has 1 amide bonds. The van der Waals surface area contributed by atoms with Crippen LogP contribution in [0.5, 0.6) is 0 Å². The van der Waals surface area contributed by atoms with Crippen LogP contribution in [0.4, 0.5) is 0 Å². The Morgan fingerprint density at radius 1 is 1.42 bits per heavy atom. The highest BCUT2D eigenvalue weighted by Crippen LogP contribution is 2.22. The molecular formula is C14H20N2O3. The molecule has 1 fully saturated rings. The van der Waals surface area contributed by atoms with Crippen molar-refractivity contribution in [1.82, 2.24) is 10.1 Å². The van der Waals surface area contributed by atoms with E-state index in [1.807, 2.05) is 4.90 Å². The number of nitrogens with zero attached hydrogens (tertiary/aromatic N) is 2. The molecule has 1 aromatic rings. The van der Waals surface area contributed by atoms with E-state index in [2.05, 4.69) is 5.16 Å². The fourth-order valence-corrected chi connectivity index (χ4v) is 2.65. The minimum absolute atomic E-state index is 0.0156. The fraction of sp³-hybridized carbons (Fsp3) is 0.643. The van der Waals surface area contributed by atoms with Gasteiger partial charge in [0.15, 0.2) is 0 Å². The number of Topliss-reactive ketones (excluding diaryl/α,β-unsaturated/α-hetero) is 1. The van der Waals surface area contributed by atoms with Crippen LogP contribution in [0.2, 0.25) is 0 Å². The largest absolute Gasteiger partial charge is 0.361 e. The topological polar surface area (TPSA) is 63.4 Å². The standard InChI is InChI=1S/C14H20N2O3/c1-10(17)8-12-6-4-3-5-7-16(12)14(18)13-9-15-19-11(13)2/h9,12H,3-8H2,1-2H3. The molecule has 0 aromatic carbocycles. The molecule has 104 valence electrons. The van der Waals surface area contributed by atoms with Crippen LogP contribution in [-0.2, 0) is 4.79 Å². The van der Waals surface area contributed by atoms with Crippen molar-refractivity contribution in [1.29, 1.82) is 0 Å². The summed E-state index contributed by atoms with van der Waals surface area (Å²) < 4.78 is 4.96. The van der Waals surface area contributed by atoms with Gasteiger partial charge < -0.3 is 9.42 Å². The number of hydrogen-bond acceptors (Lipinski definition) is 4. The fourth-order valence-electron chi connectivity index (χ4n) is 2.65. The molecule has 2 rings (SSSR count). The SMILES string of the molecule is CC(=O)CC1CCCCCN1C(=O)c1cnoc1C. The Morgan fingerprint density at radius 2 is 2.21 bits per heavy atom. The summed E-state index contributed by atoms with van der Waals surface area (Å²) in [6.45, 7) is 4.03. The molecule has 5 heteroatoms. The van der Waals surface area contributed by atoms with E-state index in [9.17, 15) is 9.59 Å². The van der Waals surface area contributed by atoms with Crippen LogP contribution in [0.15, 0.2) is 10.7 Å². The minimum Gasteiger partial charge on any atom is -0.361 e. The van der Waals surface area contributed by atoms with Gasteiger partial charge in [0.1, 0.15) is 17.1 Å². The van der Waals surface area contributed by atoms with Gasteiger partial charge in [-0.25, -0.2) is 0 Å². The maximum absolute atomic E-state index is 12.5. The smallest absolute Gasteiger partial charge is 0.259 e. The highest BCUT2D eigenvalue weighted by Gasteiger charge is 2.29. The Labute approximate surface area is 112 Å². The quantitative estimate of drug-likeness (QED) is 0.840. The van der Waals surface area contributed by atoms with Gasteiger partial charge in [0.05, 0.1) is 6.20 Å². The molecule has 0 aliphatic carbocycles. The number of likely N-dealkylation sites (tertiary alicyclic amines) is 1. The van der Waals surface area contributed by atoms with Gasteiger partial charge in [0, 0.05) is 19.0 Å². The third-order valence-electron chi connectivity index (χ3n) is 3.64. The zero-order valence-electron chi connectivity index (χ0n) is 11.5. The van der Waals surface area contributed by atoms with E-state index in [1.165, 1.54) is 6.20 Å². The highest BCUT2D eigenvalue weighted by atomic mass is 16.5. The van der Waals surface area contributed by atoms with Crippen LogP contribution in [0.1, 0.15) is 55.1 Å². The molecule has 0 radical (unpaired) electrons. The second kappa shape index (κ2) is 5.99. The van der Waals surface area contributed by atoms with Crippen molar-refractivity contribution in [3.8, 4) is 0 Å². The zero-order chi connectivity index (χ0) is 13.8. The van der Waals surface area contributed by atoms with E-state index in [-0.39, 0.29) is 17.7 Å². The molecule has 5 nitrogen and oxygen atoms in total. The second-order valence-corrected chi connectivity index (χ2v) is 5.20. The summed E-state index contributed by atoms with van der Waals surface area (Å²) >= 11 is 0. The maximum atomic E-state index is 12.5. The molecule has 0 bridgehead atoms. The molecule has 2 heterocycles. The van der Waals surface area contributed by atoms with Gasteiger partial charge in [-0.3, -0.25) is 9.59 Å². The third-order valence-corrected chi connectivity index (χ3v) is 3.64. The monoisotopic (exact) mass is 264 g/mol. The first-order chi connectivity index (χ1) is 9.09. The summed E-state index contributed by atoms with van der Waals surface area (Å²) in [4.78, 5) is 25.7. The summed E-state index contributed by atoms with van der Waals surface area (Å²) in [6.07, 6.45) is 5.98. The van der Waals surface area contributed by atoms with Gasteiger partial charge in [0.2, 0.25) is 0 Å². The number of aromatic nitrogens is 1. The number of aryl methyl sites for hydroxylation is 1. The normalized spacial score (nSPS) is 20.1. The van der Waals surface area contributed by atoms with Crippen LogP contribution in [0.25, 0.3) is 0 Å². The lowest BCUT2D eigenvalue weighted by molar-refractivity contribution is -0.118. The first-order valence-electron chi connectivity index (χ1n) is 6.81. The molecule has 1 aliphatic rings. The summed E-state index contributed by atoms with van der Waals surface area (Å²) in [6, 6.07) is 0.0156. The molecular weight excluding hydrogens is 244 g/mol. The number of rotatable bonds is 3. The molecule has 19 heavy (non-hydrogen) atoms. The molecule has 0 N–H and O–H groups in total. The molecule has 1 atom stereocenters. The lowest BCUT2D eigenvalue weighted by Crippen LogP contribution is -2.41. The van der Waals surface area contributed by atoms with E-state index in [4.69, 9.17) is 4.52 Å². The van der Waals surface area contributed by atoms with Crippen molar-refractivity contribution < 1.29 is 14.1 Å². The Bertz CT molecular complexity index is 467. The summed E-state index contributed by atoms with van der Waals surface area (Å²) in [5.74, 6) is 0.606. The average molecular weight is 264 g/mol. The van der Waals surface area contributed by atoms with Crippen molar-refractivity contribution >= 4 is 11.7 Å². The van der Waals surface area contributed by atoms with Crippen LogP contribution in [-0.4, -0.2) is 34.3 Å². The third kappa shape index (κ3) is 3.22. The van der Waals surface area contributed by atoms with Crippen molar-refractivity contribution in [3.05, 3.63) is 17.5 Å². The number of amides is 1. The van der Waals surface area contributed by atoms with Crippen molar-refractivity contribution in [2.45, 2.75) is 52.0 Å². The Morgan fingerprint density at radius 3 is 2.84 bits per heavy atom. The Balaban J connectivity index is 2.20. The lowest BCUT2D eigenvalue weighted by Gasteiger charge is -2.29. The first kappa shape index (κ1) is 13.8. The van der Waals surface area contributed by atoms with Crippen molar-refractivity contribution in [2.24, 2.45) is 0 Å². The number of carbonyl (C=O) groups excluding carboxylic acids is 2. The molecule has 1 saturated heterocycles. The number of hydrogen-bond donors (Lipinski definition) is 0. The molecule has 0 saturated carbocycles. The van der Waals surface area contributed by atoms with E-state index < -0.39 is 0 Å². The van der Waals surface area contributed by atoms with E-state index in [0.29, 0.717) is 24.3 Å². The van der Waals surface area contributed by atoms with Crippen LogP contribution in [0, 0.1) is 6.92 Å². The molecule has 0 spiro atoms. The lowest BCUT2D eigenvalue weighted by atomic mass is 10.0. The van der Waals surface area contributed by atoms with Gasteiger partial charge >= 0.3 is 0 Å². The Hall–Kier alpha value is -1.65. The summed E-state index contributed by atoms with van der Waals surface area (Å²) in [5.41, 5.74) is 0.510. The summed E-state index contributed by atoms with van der Waals surface area (Å²) in [7, 11) is 0. The van der Waals surface area contributed by atoms with Gasteiger partial charge in [-0.2, -0.15) is 0 Å². The Kier molecular flexibility index (Phi) is 4.35. The van der Waals surface area contributed by atoms with E-state index in [0.717, 1.165) is 25.7 Å². The second-order valence-electron chi connectivity index (χ2n) is 5.20. The summed E-state index contributed by atoms with van der Waals surface area (Å²) in [5, 5.41) is 3.66. The number of carbonyl (C=O) groups is 2. The molecule has 1 aliphatic heterocycles. The van der Waals surface area contributed by atoms with Gasteiger partial charge in [-0.15, -0.1) is 0 Å². The van der Waals surface area contributed by atoms with Gasteiger partial charge in [-0.05, 0) is 26.7 Å². The van der Waals surface area contributed by atoms with E-state index >= 15 is 0 Å². The molecule has 1 unspecified atom stereocenters. The van der Waals surface area contributed by atoms with Crippen LogP contribution >= 0.6 is 0 Å². The first-order valence-corrected chi connectivity index (χ1v) is 6.81. The number of ketones is 1. The van der Waals surface area contributed by atoms with Crippen molar-refractivity contribution in [2.75, 3.05) is 6.54 Å². The van der Waals surface area contributed by atoms with Crippen LogP contribution < -0.4 is 0 Å². The molecule has 1 aromatic heterocycles. The maximum Gasteiger partial charge on any atom is 0.259 e. The predicted octanol–water partition coefficient (Wildman–Crippen LogP) is 2.35.